The molecule has 0 radical (unpaired) electrons. The fourth-order valence-corrected chi connectivity index (χ4v) is 2.94. The summed E-state index contributed by atoms with van der Waals surface area (Å²) in [6.45, 7) is 0. The fraction of sp³-hybridized carbons (Fsp3) is 0.125. The Balaban J connectivity index is 1.92. The van der Waals surface area contributed by atoms with Crippen LogP contribution in [0.2, 0.25) is 5.02 Å². The van der Waals surface area contributed by atoms with E-state index in [2.05, 4.69) is 15.9 Å². The number of hydrogen-bond donors (Lipinski definition) is 1. The SMILES string of the molecule is NC(Cc1cccc(F)c1Cl)c1cc2cccc(Br)c2o1. The molecular formula is C16H12BrClFNO. The molecule has 0 aliphatic carbocycles. The quantitative estimate of drug-likeness (QED) is 0.687. The second kappa shape index (κ2) is 5.79. The van der Waals surface area contributed by atoms with Crippen LogP contribution in [0.5, 0.6) is 0 Å². The van der Waals surface area contributed by atoms with Crippen molar-refractivity contribution in [3.05, 3.63) is 69.1 Å². The molecule has 0 saturated heterocycles. The summed E-state index contributed by atoms with van der Waals surface area (Å²) in [5, 5.41) is 1.09. The van der Waals surface area contributed by atoms with E-state index in [9.17, 15) is 4.39 Å². The monoisotopic (exact) mass is 367 g/mol. The predicted octanol–water partition coefficient (Wildman–Crippen LogP) is 5.23. The summed E-state index contributed by atoms with van der Waals surface area (Å²) in [6.07, 6.45) is 0.411. The van der Waals surface area contributed by atoms with Crippen LogP contribution in [0, 0.1) is 5.82 Å². The largest absolute Gasteiger partial charge is 0.458 e. The predicted molar refractivity (Wildman–Crippen MR) is 86.0 cm³/mol. The van der Waals surface area contributed by atoms with Gasteiger partial charge in [-0.05, 0) is 46.1 Å². The van der Waals surface area contributed by atoms with Gasteiger partial charge in [0.1, 0.15) is 17.2 Å². The first-order chi connectivity index (χ1) is 10.1. The zero-order valence-electron chi connectivity index (χ0n) is 10.9. The third-order valence-electron chi connectivity index (χ3n) is 3.35. The highest BCUT2D eigenvalue weighted by atomic mass is 79.9. The minimum atomic E-state index is -0.436. The third kappa shape index (κ3) is 2.84. The maximum absolute atomic E-state index is 13.4. The summed E-state index contributed by atoms with van der Waals surface area (Å²) in [5.74, 6) is 0.214. The molecule has 0 saturated carbocycles. The van der Waals surface area contributed by atoms with Gasteiger partial charge < -0.3 is 10.2 Å². The van der Waals surface area contributed by atoms with Crippen LogP contribution >= 0.6 is 27.5 Å². The molecule has 0 fully saturated rings. The van der Waals surface area contributed by atoms with Crippen molar-refractivity contribution in [1.29, 1.82) is 0 Å². The van der Waals surface area contributed by atoms with Crippen LogP contribution in [0.4, 0.5) is 4.39 Å². The van der Waals surface area contributed by atoms with E-state index in [1.807, 2.05) is 24.3 Å². The highest BCUT2D eigenvalue weighted by molar-refractivity contribution is 9.10. The second-order valence-corrected chi connectivity index (χ2v) is 6.06. The lowest BCUT2D eigenvalue weighted by Gasteiger charge is -2.10. The Labute approximate surface area is 134 Å². The first kappa shape index (κ1) is 14.6. The number of nitrogens with two attached hydrogens (primary N) is 1. The van der Waals surface area contributed by atoms with E-state index in [1.165, 1.54) is 6.07 Å². The van der Waals surface area contributed by atoms with Gasteiger partial charge in [0, 0.05) is 5.39 Å². The molecule has 0 aliphatic heterocycles. The number of halogens is 3. The molecule has 1 heterocycles. The number of rotatable bonds is 3. The second-order valence-electron chi connectivity index (χ2n) is 4.83. The van der Waals surface area contributed by atoms with Crippen LogP contribution in [0.15, 0.2) is 51.4 Å². The Kier molecular flexibility index (Phi) is 4.02. The first-order valence-corrected chi connectivity index (χ1v) is 7.60. The van der Waals surface area contributed by atoms with Crippen LogP contribution < -0.4 is 5.73 Å². The first-order valence-electron chi connectivity index (χ1n) is 6.42. The van der Waals surface area contributed by atoms with E-state index in [0.717, 1.165) is 15.4 Å². The Hall–Kier alpha value is -1.36. The van der Waals surface area contributed by atoms with E-state index in [1.54, 1.807) is 12.1 Å². The van der Waals surface area contributed by atoms with Crippen molar-refractivity contribution in [2.45, 2.75) is 12.5 Å². The molecule has 2 N–H and O–H groups in total. The van der Waals surface area contributed by atoms with Gasteiger partial charge in [-0.2, -0.15) is 0 Å². The van der Waals surface area contributed by atoms with Gasteiger partial charge in [0.2, 0.25) is 0 Å². The molecule has 3 rings (SSSR count). The van der Waals surface area contributed by atoms with E-state index in [4.69, 9.17) is 21.8 Å². The Morgan fingerprint density at radius 2 is 2.00 bits per heavy atom. The molecule has 1 atom stereocenters. The molecule has 2 nitrogen and oxygen atoms in total. The number of fused-ring (bicyclic) bond motifs is 1. The summed E-state index contributed by atoms with van der Waals surface area (Å²) >= 11 is 9.40. The Bertz CT molecular complexity index is 802. The minimum absolute atomic E-state index is 0.116. The van der Waals surface area contributed by atoms with Crippen LogP contribution in [-0.2, 0) is 6.42 Å². The molecule has 0 spiro atoms. The molecule has 5 heteroatoms. The number of furan rings is 1. The van der Waals surface area contributed by atoms with Gasteiger partial charge in [-0.1, -0.05) is 35.9 Å². The fourth-order valence-electron chi connectivity index (χ4n) is 2.27. The summed E-state index contributed by atoms with van der Waals surface area (Å²) in [7, 11) is 0. The zero-order valence-corrected chi connectivity index (χ0v) is 13.3. The highest BCUT2D eigenvalue weighted by Gasteiger charge is 2.16. The molecule has 1 aromatic heterocycles. The number of para-hydroxylation sites is 1. The number of hydrogen-bond acceptors (Lipinski definition) is 2. The Morgan fingerprint density at radius 1 is 1.24 bits per heavy atom. The van der Waals surface area contributed by atoms with Gasteiger partial charge in [-0.15, -0.1) is 0 Å². The van der Waals surface area contributed by atoms with Gasteiger partial charge in [0.05, 0.1) is 15.5 Å². The zero-order chi connectivity index (χ0) is 15.0. The number of benzene rings is 2. The smallest absolute Gasteiger partial charge is 0.148 e. The normalized spacial score (nSPS) is 12.8. The molecular weight excluding hydrogens is 357 g/mol. The van der Waals surface area contributed by atoms with Crippen molar-refractivity contribution in [2.24, 2.45) is 5.73 Å². The molecule has 0 bridgehead atoms. The summed E-state index contributed by atoms with van der Waals surface area (Å²) < 4.78 is 20.1. The summed E-state index contributed by atoms with van der Waals surface area (Å²) in [5.41, 5.74) is 7.60. The van der Waals surface area contributed by atoms with E-state index >= 15 is 0 Å². The van der Waals surface area contributed by atoms with Crippen molar-refractivity contribution >= 4 is 38.5 Å². The summed E-state index contributed by atoms with van der Waals surface area (Å²) in [4.78, 5) is 0. The van der Waals surface area contributed by atoms with Gasteiger partial charge >= 0.3 is 0 Å². The van der Waals surface area contributed by atoms with Gasteiger partial charge in [-0.3, -0.25) is 0 Å². The Morgan fingerprint density at radius 3 is 2.76 bits per heavy atom. The lowest BCUT2D eigenvalue weighted by atomic mass is 10.0. The molecule has 108 valence electrons. The maximum Gasteiger partial charge on any atom is 0.148 e. The lowest BCUT2D eigenvalue weighted by Crippen LogP contribution is -2.12. The minimum Gasteiger partial charge on any atom is -0.458 e. The average molecular weight is 369 g/mol. The van der Waals surface area contributed by atoms with E-state index < -0.39 is 5.82 Å². The van der Waals surface area contributed by atoms with Crippen LogP contribution in [0.25, 0.3) is 11.0 Å². The molecule has 0 amide bonds. The molecule has 3 aromatic rings. The molecule has 2 aromatic carbocycles. The van der Waals surface area contributed by atoms with Gasteiger partial charge in [0.15, 0.2) is 0 Å². The van der Waals surface area contributed by atoms with E-state index in [0.29, 0.717) is 17.7 Å². The molecule has 1 unspecified atom stereocenters. The summed E-state index contributed by atoms with van der Waals surface area (Å²) in [6, 6.07) is 12.0. The third-order valence-corrected chi connectivity index (χ3v) is 4.40. The maximum atomic E-state index is 13.4. The van der Waals surface area contributed by atoms with Crippen LogP contribution in [0.1, 0.15) is 17.4 Å². The topological polar surface area (TPSA) is 39.2 Å². The highest BCUT2D eigenvalue weighted by Crippen LogP contribution is 2.31. The van der Waals surface area contributed by atoms with Crippen molar-refractivity contribution in [1.82, 2.24) is 0 Å². The van der Waals surface area contributed by atoms with E-state index in [-0.39, 0.29) is 11.1 Å². The lowest BCUT2D eigenvalue weighted by molar-refractivity contribution is 0.492. The average Bonchev–Trinajstić information content (AvgIpc) is 2.89. The van der Waals surface area contributed by atoms with Crippen LogP contribution in [0.3, 0.4) is 0 Å². The van der Waals surface area contributed by atoms with Gasteiger partial charge in [0.25, 0.3) is 0 Å². The van der Waals surface area contributed by atoms with Gasteiger partial charge in [-0.25, -0.2) is 4.39 Å². The van der Waals surface area contributed by atoms with Crippen LogP contribution in [-0.4, -0.2) is 0 Å². The standard InChI is InChI=1S/C16H12BrClFNO/c17-11-5-1-4-10-8-14(21-16(10)11)13(20)7-9-3-2-6-12(19)15(9)18/h1-6,8,13H,7,20H2. The van der Waals surface area contributed by atoms with Crippen molar-refractivity contribution in [2.75, 3.05) is 0 Å². The molecule has 21 heavy (non-hydrogen) atoms. The van der Waals surface area contributed by atoms with Crippen molar-refractivity contribution < 1.29 is 8.81 Å². The van der Waals surface area contributed by atoms with Crippen molar-refractivity contribution in [3.8, 4) is 0 Å². The van der Waals surface area contributed by atoms with Crippen molar-refractivity contribution in [3.63, 3.8) is 0 Å². The molecule has 0 aliphatic rings.